The van der Waals surface area contributed by atoms with E-state index in [9.17, 15) is 8.42 Å². The molecule has 1 aliphatic heterocycles. The number of ether oxygens (including phenoxy) is 2. The number of methoxy groups -OCH3 is 1. The minimum Gasteiger partial charge on any atom is -0.383 e. The number of rotatable bonds is 6. The predicted molar refractivity (Wildman–Crippen MR) is 78.3 cm³/mol. The molecule has 21 heavy (non-hydrogen) atoms. The number of hydrogen-bond acceptors (Lipinski definition) is 5. The second-order valence-corrected chi connectivity index (χ2v) is 7.55. The summed E-state index contributed by atoms with van der Waals surface area (Å²) in [7, 11) is -0.119. The van der Waals surface area contributed by atoms with Crippen LogP contribution in [0.2, 0.25) is 0 Å². The Morgan fingerprint density at radius 3 is 3.00 bits per heavy atom. The Labute approximate surface area is 125 Å². The highest BCUT2D eigenvalue weighted by molar-refractivity contribution is 7.90. The topological polar surface area (TPSA) is 82.5 Å². The van der Waals surface area contributed by atoms with E-state index in [0.717, 1.165) is 18.4 Å². The molecule has 1 fully saturated rings. The number of nitrogens with one attached hydrogen (secondary N) is 1. The summed E-state index contributed by atoms with van der Waals surface area (Å²) in [5, 5.41) is 3.53. The van der Waals surface area contributed by atoms with Gasteiger partial charge in [-0.2, -0.15) is 5.10 Å². The predicted octanol–water partition coefficient (Wildman–Crippen LogP) is 0.595. The van der Waals surface area contributed by atoms with Gasteiger partial charge in [-0.25, -0.2) is 13.1 Å². The molecule has 120 valence electrons. The van der Waals surface area contributed by atoms with Crippen molar-refractivity contribution in [3.63, 3.8) is 0 Å². The first-order valence-corrected chi connectivity index (χ1v) is 8.59. The molecule has 0 saturated carbocycles. The van der Waals surface area contributed by atoms with Crippen LogP contribution in [0.25, 0.3) is 0 Å². The maximum Gasteiger partial charge on any atom is 0.216 e. The van der Waals surface area contributed by atoms with Crippen molar-refractivity contribution in [1.82, 2.24) is 14.5 Å². The minimum absolute atomic E-state index is 0.167. The molecule has 0 aromatic carbocycles. The van der Waals surface area contributed by atoms with Crippen molar-refractivity contribution in [1.29, 1.82) is 0 Å². The van der Waals surface area contributed by atoms with Gasteiger partial charge < -0.3 is 9.47 Å². The molecular formula is C13H23N3O4S. The Balaban J connectivity index is 2.12. The smallest absolute Gasteiger partial charge is 0.216 e. The van der Waals surface area contributed by atoms with Gasteiger partial charge in [-0.05, 0) is 19.8 Å². The molecule has 1 N–H and O–H groups in total. The van der Waals surface area contributed by atoms with E-state index in [1.807, 2.05) is 13.2 Å². The summed E-state index contributed by atoms with van der Waals surface area (Å²) in [6.45, 7) is 2.43. The zero-order valence-corrected chi connectivity index (χ0v) is 13.5. The van der Waals surface area contributed by atoms with Crippen LogP contribution in [0.5, 0.6) is 0 Å². The normalized spacial score (nSPS) is 24.9. The highest BCUT2D eigenvalue weighted by Gasteiger charge is 2.33. The van der Waals surface area contributed by atoms with Crippen LogP contribution >= 0.6 is 0 Å². The maximum atomic E-state index is 12.3. The van der Waals surface area contributed by atoms with Gasteiger partial charge in [-0.1, -0.05) is 0 Å². The molecule has 0 spiro atoms. The fourth-order valence-electron chi connectivity index (χ4n) is 2.47. The van der Waals surface area contributed by atoms with Crippen LogP contribution < -0.4 is 4.72 Å². The molecule has 1 aromatic rings. The van der Waals surface area contributed by atoms with E-state index in [2.05, 4.69) is 9.82 Å². The second-order valence-electron chi connectivity index (χ2n) is 5.42. The number of hydrogen-bond donors (Lipinski definition) is 1. The third-order valence-corrected chi connectivity index (χ3v) is 5.45. The van der Waals surface area contributed by atoms with Gasteiger partial charge in [0.25, 0.3) is 0 Å². The lowest BCUT2D eigenvalue weighted by atomic mass is 9.99. The van der Waals surface area contributed by atoms with E-state index in [4.69, 9.17) is 9.47 Å². The summed E-state index contributed by atoms with van der Waals surface area (Å²) in [5.41, 5.74) is 0.893. The summed E-state index contributed by atoms with van der Waals surface area (Å²) in [4.78, 5) is 0. The number of nitrogens with zero attached hydrogens (tertiary/aromatic N) is 2. The van der Waals surface area contributed by atoms with Gasteiger partial charge in [-0.3, -0.25) is 4.68 Å². The van der Waals surface area contributed by atoms with Crippen LogP contribution in [0.4, 0.5) is 0 Å². The van der Waals surface area contributed by atoms with Gasteiger partial charge in [0.15, 0.2) is 0 Å². The fourth-order valence-corrected chi connectivity index (χ4v) is 3.68. The Hall–Kier alpha value is -0.960. The van der Waals surface area contributed by atoms with E-state index in [0.29, 0.717) is 6.61 Å². The molecule has 2 heterocycles. The van der Waals surface area contributed by atoms with Gasteiger partial charge in [-0.15, -0.1) is 0 Å². The molecule has 0 aliphatic carbocycles. The van der Waals surface area contributed by atoms with Crippen LogP contribution in [0, 0.1) is 0 Å². The lowest BCUT2D eigenvalue weighted by Gasteiger charge is -2.32. The molecule has 1 saturated heterocycles. The largest absolute Gasteiger partial charge is 0.383 e. The van der Waals surface area contributed by atoms with Crippen molar-refractivity contribution in [2.24, 2.45) is 7.05 Å². The monoisotopic (exact) mass is 317 g/mol. The standard InChI is InChI=1S/C13H23N3O4S/c1-10(9-19-3)21(17,18)15-12-5-4-6-20-13(12)11-7-14-16(2)8-11/h7-8,10,12-13,15H,4-6,9H2,1-3H3/t10-,12-,13+/m0/s1. The average Bonchev–Trinajstić information content (AvgIpc) is 2.86. The Kier molecular flexibility index (Phi) is 5.37. The zero-order chi connectivity index (χ0) is 15.5. The molecular weight excluding hydrogens is 294 g/mol. The molecule has 0 amide bonds. The number of aryl methyl sites for hydroxylation is 1. The molecule has 2 rings (SSSR count). The summed E-state index contributed by atoms with van der Waals surface area (Å²) >= 11 is 0. The summed E-state index contributed by atoms with van der Waals surface area (Å²) in [6.07, 6.45) is 4.87. The minimum atomic E-state index is -3.44. The first kappa shape index (κ1) is 16.4. The van der Waals surface area contributed by atoms with Crippen molar-refractivity contribution in [2.45, 2.75) is 37.2 Å². The van der Waals surface area contributed by atoms with Crippen LogP contribution in [-0.4, -0.2) is 49.8 Å². The van der Waals surface area contributed by atoms with Gasteiger partial charge in [0.2, 0.25) is 10.0 Å². The van der Waals surface area contributed by atoms with Crippen molar-refractivity contribution < 1.29 is 17.9 Å². The maximum absolute atomic E-state index is 12.3. The molecule has 7 nitrogen and oxygen atoms in total. The molecule has 1 aromatic heterocycles. The molecule has 8 heteroatoms. The first-order chi connectivity index (χ1) is 9.94. The Bertz CT molecular complexity index is 558. The first-order valence-electron chi connectivity index (χ1n) is 7.04. The van der Waals surface area contributed by atoms with Crippen molar-refractivity contribution in [2.75, 3.05) is 20.3 Å². The molecule has 1 aliphatic rings. The van der Waals surface area contributed by atoms with E-state index < -0.39 is 15.3 Å². The molecule has 0 unspecified atom stereocenters. The summed E-state index contributed by atoms with van der Waals surface area (Å²) in [5.74, 6) is 0. The highest BCUT2D eigenvalue weighted by atomic mass is 32.2. The summed E-state index contributed by atoms with van der Waals surface area (Å²) in [6, 6.07) is -0.271. The Morgan fingerprint density at radius 1 is 1.62 bits per heavy atom. The van der Waals surface area contributed by atoms with E-state index in [1.54, 1.807) is 17.8 Å². The number of sulfonamides is 1. The molecule has 0 bridgehead atoms. The Morgan fingerprint density at radius 2 is 2.38 bits per heavy atom. The van der Waals surface area contributed by atoms with E-state index in [1.165, 1.54) is 7.11 Å². The van der Waals surface area contributed by atoms with Crippen molar-refractivity contribution in [3.8, 4) is 0 Å². The molecule has 0 radical (unpaired) electrons. The fraction of sp³-hybridized carbons (Fsp3) is 0.769. The van der Waals surface area contributed by atoms with Crippen molar-refractivity contribution >= 4 is 10.0 Å². The average molecular weight is 317 g/mol. The lowest BCUT2D eigenvalue weighted by Crippen LogP contribution is -2.46. The van der Waals surface area contributed by atoms with Crippen LogP contribution in [0.15, 0.2) is 12.4 Å². The van der Waals surface area contributed by atoms with Crippen LogP contribution in [0.1, 0.15) is 31.4 Å². The number of aromatic nitrogens is 2. The van der Waals surface area contributed by atoms with E-state index >= 15 is 0 Å². The van der Waals surface area contributed by atoms with Gasteiger partial charge in [0.05, 0.1) is 24.1 Å². The van der Waals surface area contributed by atoms with Gasteiger partial charge in [0, 0.05) is 32.5 Å². The quantitative estimate of drug-likeness (QED) is 0.830. The molecule has 3 atom stereocenters. The zero-order valence-electron chi connectivity index (χ0n) is 12.7. The summed E-state index contributed by atoms with van der Waals surface area (Å²) < 4.78 is 39.8. The van der Waals surface area contributed by atoms with Crippen LogP contribution in [0.3, 0.4) is 0 Å². The second kappa shape index (κ2) is 6.87. The van der Waals surface area contributed by atoms with Gasteiger partial charge >= 0.3 is 0 Å². The van der Waals surface area contributed by atoms with Gasteiger partial charge in [0.1, 0.15) is 6.10 Å². The third-order valence-electron chi connectivity index (χ3n) is 3.62. The van der Waals surface area contributed by atoms with E-state index in [-0.39, 0.29) is 18.8 Å². The van der Waals surface area contributed by atoms with Crippen LogP contribution in [-0.2, 0) is 26.5 Å². The highest BCUT2D eigenvalue weighted by Crippen LogP contribution is 2.28. The van der Waals surface area contributed by atoms with Crippen molar-refractivity contribution in [3.05, 3.63) is 18.0 Å². The lowest BCUT2D eigenvalue weighted by molar-refractivity contribution is -0.00457. The third kappa shape index (κ3) is 4.03. The SMILES string of the molecule is COC[C@H](C)S(=O)(=O)N[C@H]1CCCO[C@@H]1c1cnn(C)c1.